The van der Waals surface area contributed by atoms with Gasteiger partial charge in [0.25, 0.3) is 0 Å². The molecule has 0 spiro atoms. The molecule has 2 heterocycles. The van der Waals surface area contributed by atoms with Gasteiger partial charge in [-0.3, -0.25) is 0 Å². The van der Waals surface area contributed by atoms with Gasteiger partial charge in [0.1, 0.15) is 4.88 Å². The summed E-state index contributed by atoms with van der Waals surface area (Å²) < 4.78 is 27.3. The van der Waals surface area contributed by atoms with Crippen molar-refractivity contribution in [3.8, 4) is 0 Å². The Kier molecular flexibility index (Phi) is 3.49. The van der Waals surface area contributed by atoms with Crippen LogP contribution in [0.4, 0.5) is 10.7 Å². The fourth-order valence-corrected chi connectivity index (χ4v) is 3.98. The van der Waals surface area contributed by atoms with Gasteiger partial charge >= 0.3 is 5.97 Å². The molecule has 0 radical (unpaired) electrons. The molecule has 0 aromatic carbocycles. The van der Waals surface area contributed by atoms with Gasteiger partial charge in [0.05, 0.1) is 29.3 Å². The number of rotatable bonds is 2. The van der Waals surface area contributed by atoms with Crippen LogP contribution in [0.3, 0.4) is 0 Å². The number of carbonyl (C=O) groups is 1. The quantitative estimate of drug-likeness (QED) is 0.791. The first kappa shape index (κ1) is 13.2. The molecule has 0 unspecified atom stereocenters. The van der Waals surface area contributed by atoms with Gasteiger partial charge in [0.15, 0.2) is 9.84 Å². The average Bonchev–Trinajstić information content (AvgIpc) is 2.70. The van der Waals surface area contributed by atoms with Crippen LogP contribution in [0.1, 0.15) is 9.67 Å². The molecule has 0 bridgehead atoms. The van der Waals surface area contributed by atoms with Gasteiger partial charge in [-0.15, -0.1) is 11.3 Å². The number of esters is 1. The fourth-order valence-electron chi connectivity index (χ4n) is 1.73. The zero-order valence-corrected chi connectivity index (χ0v) is 11.5. The summed E-state index contributed by atoms with van der Waals surface area (Å²) in [5.41, 5.74) is 6.11. The zero-order valence-electron chi connectivity index (χ0n) is 9.88. The minimum atomic E-state index is -2.91. The van der Waals surface area contributed by atoms with Crippen LogP contribution in [-0.4, -0.2) is 46.1 Å². The number of hydrogen-bond donors (Lipinski definition) is 1. The van der Waals surface area contributed by atoms with Crippen LogP contribution < -0.4 is 10.6 Å². The number of ether oxygens (including phenoxy) is 1. The van der Waals surface area contributed by atoms with Crippen molar-refractivity contribution in [2.75, 3.05) is 42.3 Å². The summed E-state index contributed by atoms with van der Waals surface area (Å²) in [6.07, 6.45) is 0. The lowest BCUT2D eigenvalue weighted by molar-refractivity contribution is 0.0607. The predicted octanol–water partition coefficient (Wildman–Crippen LogP) is 0.352. The van der Waals surface area contributed by atoms with Crippen molar-refractivity contribution in [3.63, 3.8) is 0 Å². The van der Waals surface area contributed by atoms with Crippen molar-refractivity contribution in [1.82, 2.24) is 0 Å². The van der Waals surface area contributed by atoms with E-state index in [1.54, 1.807) is 6.07 Å². The average molecular weight is 290 g/mol. The lowest BCUT2D eigenvalue weighted by Crippen LogP contribution is -2.39. The van der Waals surface area contributed by atoms with Crippen LogP contribution in [0, 0.1) is 0 Å². The number of thiophene rings is 1. The van der Waals surface area contributed by atoms with E-state index in [0.29, 0.717) is 23.7 Å². The Balaban J connectivity index is 2.18. The Morgan fingerprint density at radius 3 is 2.61 bits per heavy atom. The maximum absolute atomic E-state index is 11.4. The number of nitrogen functional groups attached to an aromatic ring is 1. The molecule has 0 amide bonds. The minimum absolute atomic E-state index is 0.137. The third kappa shape index (κ3) is 2.59. The predicted molar refractivity (Wildman–Crippen MR) is 70.9 cm³/mol. The molecule has 1 aromatic heterocycles. The smallest absolute Gasteiger partial charge is 0.350 e. The highest BCUT2D eigenvalue weighted by Gasteiger charge is 2.24. The molecule has 100 valence electrons. The second-order valence-electron chi connectivity index (χ2n) is 4.00. The highest BCUT2D eigenvalue weighted by molar-refractivity contribution is 7.91. The summed E-state index contributed by atoms with van der Waals surface area (Å²) in [6.45, 7) is 0.867. The molecule has 0 saturated carbocycles. The zero-order chi connectivity index (χ0) is 13.3. The van der Waals surface area contributed by atoms with Gasteiger partial charge in [0.2, 0.25) is 0 Å². The Morgan fingerprint density at radius 2 is 2.06 bits per heavy atom. The van der Waals surface area contributed by atoms with Crippen LogP contribution in [0.5, 0.6) is 0 Å². The number of hydrogen-bond acceptors (Lipinski definition) is 7. The van der Waals surface area contributed by atoms with E-state index < -0.39 is 15.8 Å². The molecular formula is C10H14N2O4S2. The summed E-state index contributed by atoms with van der Waals surface area (Å²) in [7, 11) is -1.61. The van der Waals surface area contributed by atoms with Gasteiger partial charge in [-0.25, -0.2) is 13.2 Å². The van der Waals surface area contributed by atoms with Gasteiger partial charge in [-0.05, 0) is 6.07 Å². The highest BCUT2D eigenvalue weighted by Crippen LogP contribution is 2.33. The van der Waals surface area contributed by atoms with Crippen molar-refractivity contribution in [3.05, 3.63) is 10.9 Å². The SMILES string of the molecule is COC(=O)c1sc(N2CCS(=O)(=O)CC2)cc1N. The second kappa shape index (κ2) is 4.77. The third-order valence-corrected chi connectivity index (χ3v) is 5.58. The van der Waals surface area contributed by atoms with Crippen LogP contribution in [0.2, 0.25) is 0 Å². The first-order valence-corrected chi connectivity index (χ1v) is 8.00. The topological polar surface area (TPSA) is 89.7 Å². The number of nitrogens with two attached hydrogens (primary N) is 1. The first-order valence-electron chi connectivity index (χ1n) is 5.36. The highest BCUT2D eigenvalue weighted by atomic mass is 32.2. The third-order valence-electron chi connectivity index (χ3n) is 2.77. The largest absolute Gasteiger partial charge is 0.465 e. The van der Waals surface area contributed by atoms with E-state index in [0.717, 1.165) is 5.00 Å². The van der Waals surface area contributed by atoms with Gasteiger partial charge in [-0.1, -0.05) is 0 Å². The molecule has 2 N–H and O–H groups in total. The summed E-state index contributed by atoms with van der Waals surface area (Å²) in [5.74, 6) is -0.190. The Bertz CT molecular complexity index is 550. The van der Waals surface area contributed by atoms with Gasteiger partial charge in [0, 0.05) is 13.1 Å². The maximum atomic E-state index is 11.4. The lowest BCUT2D eigenvalue weighted by atomic mass is 10.4. The molecule has 2 rings (SSSR count). The van der Waals surface area contributed by atoms with Crippen molar-refractivity contribution in [2.45, 2.75) is 0 Å². The maximum Gasteiger partial charge on any atom is 0.350 e. The standard InChI is InChI=1S/C10H14N2O4S2/c1-16-10(13)9-7(11)6-8(17-9)12-2-4-18(14,15)5-3-12/h6H,2-5,11H2,1H3. The molecule has 1 aromatic rings. The normalized spacial score (nSPS) is 18.6. The summed E-state index contributed by atoms with van der Waals surface area (Å²) in [4.78, 5) is 13.7. The Hall–Kier alpha value is -1.28. The molecule has 0 atom stereocenters. The molecule has 6 nitrogen and oxygen atoms in total. The van der Waals surface area contributed by atoms with E-state index in [2.05, 4.69) is 4.74 Å². The second-order valence-corrected chi connectivity index (χ2v) is 7.33. The molecule has 18 heavy (non-hydrogen) atoms. The first-order chi connectivity index (χ1) is 8.43. The number of anilines is 2. The summed E-state index contributed by atoms with van der Waals surface area (Å²) >= 11 is 1.23. The van der Waals surface area contributed by atoms with Crippen molar-refractivity contribution >= 4 is 37.8 Å². The van der Waals surface area contributed by atoms with Crippen LogP contribution >= 0.6 is 11.3 Å². The van der Waals surface area contributed by atoms with E-state index in [4.69, 9.17) is 5.73 Å². The summed E-state index contributed by atoms with van der Waals surface area (Å²) in [5, 5.41) is 0.808. The number of sulfone groups is 1. The number of nitrogens with zero attached hydrogens (tertiary/aromatic N) is 1. The molecule has 1 fully saturated rings. The van der Waals surface area contributed by atoms with Gasteiger partial charge < -0.3 is 15.4 Å². The van der Waals surface area contributed by atoms with Crippen LogP contribution in [0.15, 0.2) is 6.07 Å². The van der Waals surface area contributed by atoms with Crippen LogP contribution in [-0.2, 0) is 14.6 Å². The molecule has 8 heteroatoms. The number of carbonyl (C=O) groups excluding carboxylic acids is 1. The molecule has 0 aliphatic carbocycles. The van der Waals surface area contributed by atoms with Gasteiger partial charge in [-0.2, -0.15) is 0 Å². The van der Waals surface area contributed by atoms with E-state index in [-0.39, 0.29) is 11.5 Å². The lowest BCUT2D eigenvalue weighted by Gasteiger charge is -2.27. The van der Waals surface area contributed by atoms with E-state index in [1.165, 1.54) is 18.4 Å². The van der Waals surface area contributed by atoms with Crippen LogP contribution in [0.25, 0.3) is 0 Å². The molecule has 1 aliphatic rings. The Morgan fingerprint density at radius 1 is 1.44 bits per heavy atom. The minimum Gasteiger partial charge on any atom is -0.465 e. The van der Waals surface area contributed by atoms with E-state index in [9.17, 15) is 13.2 Å². The van der Waals surface area contributed by atoms with Crippen molar-refractivity contribution < 1.29 is 17.9 Å². The molecule has 1 aliphatic heterocycles. The molecular weight excluding hydrogens is 276 g/mol. The molecule has 1 saturated heterocycles. The van der Waals surface area contributed by atoms with E-state index in [1.807, 2.05) is 4.90 Å². The fraction of sp³-hybridized carbons (Fsp3) is 0.500. The summed E-state index contributed by atoms with van der Waals surface area (Å²) in [6, 6.07) is 1.69. The van der Waals surface area contributed by atoms with E-state index >= 15 is 0 Å². The van der Waals surface area contributed by atoms with Crippen molar-refractivity contribution in [2.24, 2.45) is 0 Å². The monoisotopic (exact) mass is 290 g/mol. The van der Waals surface area contributed by atoms with Crippen molar-refractivity contribution in [1.29, 1.82) is 0 Å². The Labute approximate surface area is 109 Å². The number of methoxy groups -OCH3 is 1.